The van der Waals surface area contributed by atoms with Crippen molar-refractivity contribution in [2.75, 3.05) is 6.61 Å². The van der Waals surface area contributed by atoms with Gasteiger partial charge in [0.1, 0.15) is 5.75 Å². The summed E-state index contributed by atoms with van der Waals surface area (Å²) >= 11 is 0. The Morgan fingerprint density at radius 2 is 1.65 bits per heavy atom. The summed E-state index contributed by atoms with van der Waals surface area (Å²) in [6.07, 6.45) is 0.623. The molecule has 5 heteroatoms. The van der Waals surface area contributed by atoms with Crippen LogP contribution in [0.4, 0.5) is 0 Å². The van der Waals surface area contributed by atoms with Gasteiger partial charge >= 0.3 is 0 Å². The third-order valence-electron chi connectivity index (χ3n) is 3.46. The molecule has 0 saturated heterocycles. The van der Waals surface area contributed by atoms with E-state index in [4.69, 9.17) is 4.74 Å². The van der Waals surface area contributed by atoms with Crippen molar-refractivity contribution in [3.63, 3.8) is 0 Å². The predicted molar refractivity (Wildman–Crippen MR) is 92.3 cm³/mol. The number of rotatable bonds is 7. The molecule has 2 aromatic carbocycles. The van der Waals surface area contributed by atoms with E-state index in [0.29, 0.717) is 17.9 Å². The topological polar surface area (TPSA) is 55.4 Å². The van der Waals surface area contributed by atoms with Crippen LogP contribution < -0.4 is 9.46 Å². The quantitative estimate of drug-likeness (QED) is 0.846. The average molecular weight is 333 g/mol. The van der Waals surface area contributed by atoms with E-state index < -0.39 is 10.0 Å². The Hall–Kier alpha value is -1.85. The van der Waals surface area contributed by atoms with Gasteiger partial charge < -0.3 is 4.74 Å². The molecule has 0 bridgehead atoms. The molecule has 2 aromatic rings. The Balaban J connectivity index is 2.00. The van der Waals surface area contributed by atoms with E-state index >= 15 is 0 Å². The lowest BCUT2D eigenvalue weighted by Gasteiger charge is -2.15. The summed E-state index contributed by atoms with van der Waals surface area (Å²) in [5, 5.41) is 0. The highest BCUT2D eigenvalue weighted by atomic mass is 32.2. The number of ether oxygens (including phenoxy) is 1. The van der Waals surface area contributed by atoms with Gasteiger partial charge in [-0.1, -0.05) is 29.8 Å². The van der Waals surface area contributed by atoms with Crippen LogP contribution in [0.3, 0.4) is 0 Å². The van der Waals surface area contributed by atoms with Gasteiger partial charge in [0.2, 0.25) is 10.0 Å². The van der Waals surface area contributed by atoms with Crippen LogP contribution in [-0.2, 0) is 16.4 Å². The van der Waals surface area contributed by atoms with Crippen molar-refractivity contribution in [3.8, 4) is 5.75 Å². The second-order valence-corrected chi connectivity index (χ2v) is 7.33. The molecule has 124 valence electrons. The standard InChI is InChI=1S/C18H23NO3S/c1-4-22-17-9-7-16(8-10-17)13-15(3)19-23(20,21)18-11-5-14(2)6-12-18/h5-12,15,19H,4,13H2,1-3H3. The molecule has 0 amide bonds. The van der Waals surface area contributed by atoms with Crippen LogP contribution in [-0.4, -0.2) is 21.1 Å². The Morgan fingerprint density at radius 1 is 1.04 bits per heavy atom. The van der Waals surface area contributed by atoms with Crippen molar-refractivity contribution >= 4 is 10.0 Å². The maximum Gasteiger partial charge on any atom is 0.240 e. The van der Waals surface area contributed by atoms with Gasteiger partial charge in [0, 0.05) is 6.04 Å². The lowest BCUT2D eigenvalue weighted by molar-refractivity contribution is 0.340. The van der Waals surface area contributed by atoms with Gasteiger partial charge in [-0.3, -0.25) is 0 Å². The lowest BCUT2D eigenvalue weighted by Crippen LogP contribution is -2.34. The number of nitrogens with one attached hydrogen (secondary N) is 1. The summed E-state index contributed by atoms with van der Waals surface area (Å²) in [5.41, 5.74) is 2.10. The molecule has 1 unspecified atom stereocenters. The van der Waals surface area contributed by atoms with Gasteiger partial charge in [-0.25, -0.2) is 13.1 Å². The molecule has 0 fully saturated rings. The second-order valence-electron chi connectivity index (χ2n) is 5.62. The zero-order valence-corrected chi connectivity index (χ0v) is 14.6. The van der Waals surface area contributed by atoms with Gasteiger partial charge in [0.05, 0.1) is 11.5 Å². The first-order valence-corrected chi connectivity index (χ1v) is 9.20. The van der Waals surface area contributed by atoms with Crippen LogP contribution in [0.25, 0.3) is 0 Å². The summed E-state index contributed by atoms with van der Waals surface area (Å²) < 4.78 is 32.8. The molecule has 1 N–H and O–H groups in total. The van der Waals surface area contributed by atoms with Crippen LogP contribution in [0.1, 0.15) is 25.0 Å². The first-order valence-electron chi connectivity index (χ1n) is 7.71. The fourth-order valence-electron chi connectivity index (χ4n) is 2.33. The third-order valence-corrected chi connectivity index (χ3v) is 5.07. The molecule has 0 radical (unpaired) electrons. The largest absolute Gasteiger partial charge is 0.494 e. The fraction of sp³-hybridized carbons (Fsp3) is 0.333. The summed E-state index contributed by atoms with van der Waals surface area (Å²) in [5.74, 6) is 0.823. The van der Waals surface area contributed by atoms with Gasteiger partial charge in [-0.15, -0.1) is 0 Å². The summed E-state index contributed by atoms with van der Waals surface area (Å²) in [6, 6.07) is 14.4. The van der Waals surface area contributed by atoms with Crippen LogP contribution >= 0.6 is 0 Å². The zero-order valence-electron chi connectivity index (χ0n) is 13.7. The number of hydrogen-bond acceptors (Lipinski definition) is 3. The third kappa shape index (κ3) is 5.08. The number of aryl methyl sites for hydroxylation is 1. The van der Waals surface area contributed by atoms with Crippen LogP contribution in [0, 0.1) is 6.92 Å². The molecule has 0 aliphatic heterocycles. The minimum atomic E-state index is -3.49. The van der Waals surface area contributed by atoms with Crippen LogP contribution in [0.2, 0.25) is 0 Å². The van der Waals surface area contributed by atoms with Crippen LogP contribution in [0.15, 0.2) is 53.4 Å². The van der Waals surface area contributed by atoms with E-state index in [1.165, 1.54) is 0 Å². The molecule has 0 aliphatic rings. The summed E-state index contributed by atoms with van der Waals surface area (Å²) in [7, 11) is -3.49. The smallest absolute Gasteiger partial charge is 0.240 e. The minimum absolute atomic E-state index is 0.195. The van der Waals surface area contributed by atoms with E-state index in [9.17, 15) is 8.42 Å². The van der Waals surface area contributed by atoms with Gasteiger partial charge in [-0.05, 0) is 57.0 Å². The lowest BCUT2D eigenvalue weighted by atomic mass is 10.1. The Bertz CT molecular complexity index is 722. The van der Waals surface area contributed by atoms with Crippen molar-refractivity contribution in [2.24, 2.45) is 0 Å². The number of benzene rings is 2. The van der Waals surface area contributed by atoms with Gasteiger partial charge in [0.25, 0.3) is 0 Å². The summed E-state index contributed by atoms with van der Waals surface area (Å²) in [6.45, 7) is 6.36. The highest BCUT2D eigenvalue weighted by Crippen LogP contribution is 2.15. The van der Waals surface area contributed by atoms with Crippen molar-refractivity contribution in [3.05, 3.63) is 59.7 Å². The van der Waals surface area contributed by atoms with Crippen molar-refractivity contribution in [2.45, 2.75) is 38.1 Å². The number of sulfonamides is 1. The molecule has 0 aromatic heterocycles. The maximum atomic E-state index is 12.4. The molecule has 0 spiro atoms. The van der Waals surface area contributed by atoms with E-state index in [2.05, 4.69) is 4.72 Å². The molecular formula is C18H23NO3S. The minimum Gasteiger partial charge on any atom is -0.494 e. The average Bonchev–Trinajstić information content (AvgIpc) is 2.49. The predicted octanol–water partition coefficient (Wildman–Crippen LogP) is 3.30. The fourth-order valence-corrected chi connectivity index (χ4v) is 3.58. The highest BCUT2D eigenvalue weighted by molar-refractivity contribution is 7.89. The molecule has 2 rings (SSSR count). The van der Waals surface area contributed by atoms with E-state index in [-0.39, 0.29) is 6.04 Å². The molecule has 0 aliphatic carbocycles. The van der Waals surface area contributed by atoms with Crippen LogP contribution in [0.5, 0.6) is 5.75 Å². The van der Waals surface area contributed by atoms with E-state index in [1.807, 2.05) is 45.0 Å². The molecule has 0 heterocycles. The van der Waals surface area contributed by atoms with Gasteiger partial charge in [-0.2, -0.15) is 0 Å². The first-order chi connectivity index (χ1) is 10.9. The monoisotopic (exact) mass is 333 g/mol. The van der Waals surface area contributed by atoms with Crippen molar-refractivity contribution in [1.29, 1.82) is 0 Å². The van der Waals surface area contributed by atoms with Crippen molar-refractivity contribution in [1.82, 2.24) is 4.72 Å². The van der Waals surface area contributed by atoms with Gasteiger partial charge in [0.15, 0.2) is 0 Å². The normalized spacial score (nSPS) is 12.8. The molecular weight excluding hydrogens is 310 g/mol. The molecule has 23 heavy (non-hydrogen) atoms. The first kappa shape index (κ1) is 17.5. The Kier molecular flexibility index (Phi) is 5.80. The zero-order chi connectivity index (χ0) is 16.9. The second kappa shape index (κ2) is 7.62. The highest BCUT2D eigenvalue weighted by Gasteiger charge is 2.17. The SMILES string of the molecule is CCOc1ccc(CC(C)NS(=O)(=O)c2ccc(C)cc2)cc1. The number of hydrogen-bond donors (Lipinski definition) is 1. The maximum absolute atomic E-state index is 12.4. The molecule has 0 saturated carbocycles. The summed E-state index contributed by atoms with van der Waals surface area (Å²) in [4.78, 5) is 0.293. The Labute approximate surface area is 138 Å². The Morgan fingerprint density at radius 3 is 2.22 bits per heavy atom. The molecule has 1 atom stereocenters. The van der Waals surface area contributed by atoms with E-state index in [1.54, 1.807) is 24.3 Å². The molecule has 4 nitrogen and oxygen atoms in total. The van der Waals surface area contributed by atoms with E-state index in [0.717, 1.165) is 16.9 Å². The van der Waals surface area contributed by atoms with Crippen molar-refractivity contribution < 1.29 is 13.2 Å².